The molecule has 1 saturated carbocycles. The molecule has 19 heavy (non-hydrogen) atoms. The van der Waals surface area contributed by atoms with Crippen LogP contribution >= 0.6 is 0 Å². The van der Waals surface area contributed by atoms with Crippen LogP contribution in [-0.4, -0.2) is 25.9 Å². The summed E-state index contributed by atoms with van der Waals surface area (Å²) in [7, 11) is 3.85. The predicted molar refractivity (Wildman–Crippen MR) is 75.5 cm³/mol. The van der Waals surface area contributed by atoms with Crippen LogP contribution in [-0.2, 0) is 4.74 Å². The van der Waals surface area contributed by atoms with E-state index in [0.717, 1.165) is 31.4 Å². The summed E-state index contributed by atoms with van der Waals surface area (Å²) in [6.07, 6.45) is 5.89. The summed E-state index contributed by atoms with van der Waals surface area (Å²) < 4.78 is 12.0. The molecule has 1 aliphatic heterocycles. The lowest BCUT2D eigenvalue weighted by Crippen LogP contribution is -2.48. The molecule has 3 heteroatoms. The minimum atomic E-state index is -0.0407. The second-order valence-electron chi connectivity index (χ2n) is 5.82. The maximum atomic E-state index is 6.40. The van der Waals surface area contributed by atoms with Crippen LogP contribution in [0.25, 0.3) is 0 Å². The van der Waals surface area contributed by atoms with Gasteiger partial charge in [-0.05, 0) is 32.4 Å². The number of fused-ring (bicyclic) bond motifs is 1. The van der Waals surface area contributed by atoms with E-state index in [9.17, 15) is 0 Å². The molecular formula is C16H23NO2. The second-order valence-corrected chi connectivity index (χ2v) is 5.82. The number of para-hydroxylation sites is 1. The van der Waals surface area contributed by atoms with Crippen molar-refractivity contribution in [2.75, 3.05) is 14.2 Å². The van der Waals surface area contributed by atoms with Crippen molar-refractivity contribution in [1.29, 1.82) is 0 Å². The van der Waals surface area contributed by atoms with Crippen LogP contribution in [0.1, 0.15) is 43.7 Å². The Morgan fingerprint density at radius 2 is 2.16 bits per heavy atom. The van der Waals surface area contributed by atoms with E-state index in [1.807, 2.05) is 14.2 Å². The van der Waals surface area contributed by atoms with E-state index in [1.165, 1.54) is 12.0 Å². The first-order chi connectivity index (χ1) is 9.26. The van der Waals surface area contributed by atoms with Crippen molar-refractivity contribution >= 4 is 0 Å². The predicted octanol–water partition coefficient (Wildman–Crippen LogP) is 3.06. The Morgan fingerprint density at radius 1 is 1.32 bits per heavy atom. The van der Waals surface area contributed by atoms with Gasteiger partial charge in [0.05, 0.1) is 6.10 Å². The van der Waals surface area contributed by atoms with Crippen LogP contribution in [0, 0.1) is 0 Å². The Kier molecular flexibility index (Phi) is 3.50. The number of methoxy groups -OCH3 is 1. The van der Waals surface area contributed by atoms with Gasteiger partial charge in [0.15, 0.2) is 0 Å². The van der Waals surface area contributed by atoms with Crippen molar-refractivity contribution in [3.63, 3.8) is 0 Å². The Hall–Kier alpha value is -1.06. The van der Waals surface area contributed by atoms with Gasteiger partial charge in [-0.15, -0.1) is 0 Å². The van der Waals surface area contributed by atoms with Gasteiger partial charge in [0.2, 0.25) is 0 Å². The third-order valence-electron chi connectivity index (χ3n) is 4.64. The molecule has 104 valence electrons. The zero-order valence-corrected chi connectivity index (χ0v) is 11.8. The van der Waals surface area contributed by atoms with E-state index >= 15 is 0 Å². The summed E-state index contributed by atoms with van der Waals surface area (Å²) in [5.41, 5.74) is 1.25. The first kappa shape index (κ1) is 12.9. The monoisotopic (exact) mass is 261 g/mol. The molecule has 0 aromatic heterocycles. The van der Waals surface area contributed by atoms with Crippen LogP contribution < -0.4 is 10.1 Å². The molecular weight excluding hydrogens is 238 g/mol. The molecule has 1 heterocycles. The molecule has 2 aliphatic rings. The van der Waals surface area contributed by atoms with Gasteiger partial charge in [-0.25, -0.2) is 0 Å². The third kappa shape index (κ3) is 2.37. The van der Waals surface area contributed by atoms with Gasteiger partial charge in [-0.3, -0.25) is 0 Å². The smallest absolute Gasteiger partial charge is 0.124 e. The summed E-state index contributed by atoms with van der Waals surface area (Å²) in [5, 5.41) is 3.44. The average Bonchev–Trinajstić information content (AvgIpc) is 2.46. The average molecular weight is 261 g/mol. The lowest BCUT2D eigenvalue weighted by molar-refractivity contribution is -0.0597. The maximum absolute atomic E-state index is 6.40. The van der Waals surface area contributed by atoms with E-state index in [0.29, 0.717) is 12.1 Å². The van der Waals surface area contributed by atoms with Crippen molar-refractivity contribution in [3.8, 4) is 5.75 Å². The topological polar surface area (TPSA) is 30.5 Å². The SMILES string of the molecule is CNC1CC2(CCCC(OC)C2)Oc2ccccc21. The molecule has 3 atom stereocenters. The molecule has 1 N–H and O–H groups in total. The number of nitrogens with one attached hydrogen (secondary N) is 1. The van der Waals surface area contributed by atoms with Gasteiger partial charge >= 0.3 is 0 Å². The normalized spacial score (nSPS) is 33.8. The largest absolute Gasteiger partial charge is 0.487 e. The molecule has 1 fully saturated rings. The summed E-state index contributed by atoms with van der Waals surface area (Å²) in [6, 6.07) is 8.79. The number of hydrogen-bond acceptors (Lipinski definition) is 3. The van der Waals surface area contributed by atoms with Crippen molar-refractivity contribution < 1.29 is 9.47 Å². The lowest BCUT2D eigenvalue weighted by Gasteiger charge is -2.46. The van der Waals surface area contributed by atoms with Gasteiger partial charge in [-0.2, -0.15) is 0 Å². The fraction of sp³-hybridized carbons (Fsp3) is 0.625. The van der Waals surface area contributed by atoms with Gasteiger partial charge in [-0.1, -0.05) is 18.2 Å². The number of benzene rings is 1. The number of rotatable bonds is 2. The van der Waals surface area contributed by atoms with Gasteiger partial charge in [0.1, 0.15) is 11.4 Å². The Labute approximate surface area is 115 Å². The Balaban J connectivity index is 1.90. The fourth-order valence-electron chi connectivity index (χ4n) is 3.63. The molecule has 3 nitrogen and oxygen atoms in total. The van der Waals surface area contributed by atoms with Crippen LogP contribution in [0.15, 0.2) is 24.3 Å². The highest BCUT2D eigenvalue weighted by Gasteiger charge is 2.44. The molecule has 0 saturated heterocycles. The van der Waals surface area contributed by atoms with Crippen molar-refractivity contribution in [1.82, 2.24) is 5.32 Å². The quantitative estimate of drug-likeness (QED) is 0.887. The second kappa shape index (κ2) is 5.14. The van der Waals surface area contributed by atoms with Crippen molar-refractivity contribution in [2.45, 2.75) is 49.9 Å². The minimum Gasteiger partial charge on any atom is -0.487 e. The summed E-state index contributed by atoms with van der Waals surface area (Å²) >= 11 is 0. The zero-order valence-electron chi connectivity index (χ0n) is 11.8. The van der Waals surface area contributed by atoms with Crippen LogP contribution in [0.3, 0.4) is 0 Å². The summed E-state index contributed by atoms with van der Waals surface area (Å²) in [6.45, 7) is 0. The summed E-state index contributed by atoms with van der Waals surface area (Å²) in [5.74, 6) is 1.05. The highest BCUT2D eigenvalue weighted by molar-refractivity contribution is 5.39. The van der Waals surface area contributed by atoms with E-state index in [4.69, 9.17) is 9.47 Å². The molecule has 1 spiro atoms. The minimum absolute atomic E-state index is 0.0407. The Bertz CT molecular complexity index is 448. The molecule has 0 bridgehead atoms. The van der Waals surface area contributed by atoms with Crippen LogP contribution in [0.5, 0.6) is 5.75 Å². The van der Waals surface area contributed by atoms with Crippen LogP contribution in [0.4, 0.5) is 0 Å². The van der Waals surface area contributed by atoms with E-state index in [-0.39, 0.29) is 5.60 Å². The molecule has 1 aromatic rings. The van der Waals surface area contributed by atoms with Crippen LogP contribution in [0.2, 0.25) is 0 Å². The maximum Gasteiger partial charge on any atom is 0.124 e. The molecule has 1 aliphatic carbocycles. The molecule has 3 unspecified atom stereocenters. The first-order valence-electron chi connectivity index (χ1n) is 7.24. The van der Waals surface area contributed by atoms with E-state index in [1.54, 1.807) is 0 Å². The highest BCUT2D eigenvalue weighted by Crippen LogP contribution is 2.46. The van der Waals surface area contributed by atoms with Crippen molar-refractivity contribution in [2.24, 2.45) is 0 Å². The van der Waals surface area contributed by atoms with Gasteiger partial charge in [0.25, 0.3) is 0 Å². The zero-order chi connectivity index (χ0) is 13.3. The standard InChI is InChI=1S/C16H23NO2/c1-17-14-11-16(9-5-6-12(10-16)18-2)19-15-8-4-3-7-13(14)15/h3-4,7-8,12,14,17H,5-6,9-11H2,1-2H3. The summed E-state index contributed by atoms with van der Waals surface area (Å²) in [4.78, 5) is 0. The molecule has 1 aromatic carbocycles. The van der Waals surface area contributed by atoms with E-state index in [2.05, 4.69) is 29.6 Å². The highest BCUT2D eigenvalue weighted by atomic mass is 16.5. The van der Waals surface area contributed by atoms with Gasteiger partial charge < -0.3 is 14.8 Å². The van der Waals surface area contributed by atoms with E-state index < -0.39 is 0 Å². The third-order valence-corrected chi connectivity index (χ3v) is 4.64. The lowest BCUT2D eigenvalue weighted by atomic mass is 9.76. The van der Waals surface area contributed by atoms with Crippen molar-refractivity contribution in [3.05, 3.63) is 29.8 Å². The first-order valence-corrected chi connectivity index (χ1v) is 7.24. The number of hydrogen-bond donors (Lipinski definition) is 1. The molecule has 0 radical (unpaired) electrons. The Morgan fingerprint density at radius 3 is 2.95 bits per heavy atom. The molecule has 0 amide bonds. The fourth-order valence-corrected chi connectivity index (χ4v) is 3.63. The molecule has 3 rings (SSSR count). The van der Waals surface area contributed by atoms with Gasteiger partial charge in [0, 0.05) is 31.6 Å². The number of ether oxygens (including phenoxy) is 2.